The molecule has 0 spiro atoms. The molecule has 0 aliphatic carbocycles. The standard InChI is InChI=1S/C22H25N3O2/c1-17(2)16-20(24-21(26)19-13-7-4-8-14-19)22(27)25-23-15-9-12-18-10-5-3-6-11-18/h3-15,17,20H,16H2,1-2H3,(H,24,26)(H,25,27)/b12-9?,23-15-/t20-/m0/s1. The van der Waals surface area contributed by atoms with E-state index in [1.54, 1.807) is 30.3 Å². The van der Waals surface area contributed by atoms with Crippen LogP contribution >= 0.6 is 0 Å². The molecule has 0 bridgehead atoms. The Hall–Kier alpha value is -3.21. The van der Waals surface area contributed by atoms with Gasteiger partial charge in [-0.25, -0.2) is 5.43 Å². The number of benzene rings is 2. The number of amides is 2. The molecule has 5 nitrogen and oxygen atoms in total. The van der Waals surface area contributed by atoms with E-state index in [0.717, 1.165) is 5.56 Å². The summed E-state index contributed by atoms with van der Waals surface area (Å²) < 4.78 is 0. The van der Waals surface area contributed by atoms with Crippen molar-refractivity contribution in [2.24, 2.45) is 11.0 Å². The molecule has 0 radical (unpaired) electrons. The predicted octanol–water partition coefficient (Wildman–Crippen LogP) is 3.65. The number of nitrogens with one attached hydrogen (secondary N) is 2. The monoisotopic (exact) mass is 363 g/mol. The topological polar surface area (TPSA) is 70.6 Å². The summed E-state index contributed by atoms with van der Waals surface area (Å²) in [6.07, 6.45) is 5.67. The van der Waals surface area contributed by atoms with E-state index in [9.17, 15) is 9.59 Å². The van der Waals surface area contributed by atoms with Gasteiger partial charge in [0.15, 0.2) is 0 Å². The van der Waals surface area contributed by atoms with E-state index in [1.807, 2.05) is 56.3 Å². The molecular formula is C22H25N3O2. The zero-order chi connectivity index (χ0) is 19.5. The Bertz CT molecular complexity index is 784. The minimum atomic E-state index is -0.645. The van der Waals surface area contributed by atoms with Crippen molar-refractivity contribution in [2.45, 2.75) is 26.3 Å². The van der Waals surface area contributed by atoms with E-state index >= 15 is 0 Å². The average molecular weight is 363 g/mol. The van der Waals surface area contributed by atoms with Crippen molar-refractivity contribution >= 4 is 24.1 Å². The highest BCUT2D eigenvalue weighted by atomic mass is 16.2. The summed E-state index contributed by atoms with van der Waals surface area (Å²) in [4.78, 5) is 24.7. The molecule has 0 saturated carbocycles. The quantitative estimate of drug-likeness (QED) is 0.555. The first-order valence-corrected chi connectivity index (χ1v) is 8.97. The molecule has 0 heterocycles. The van der Waals surface area contributed by atoms with Crippen molar-refractivity contribution in [3.05, 3.63) is 77.9 Å². The van der Waals surface area contributed by atoms with E-state index < -0.39 is 6.04 Å². The number of carbonyl (C=O) groups is 2. The van der Waals surface area contributed by atoms with Crippen LogP contribution in [0.2, 0.25) is 0 Å². The van der Waals surface area contributed by atoms with Gasteiger partial charge in [0.1, 0.15) is 6.04 Å². The molecule has 0 fully saturated rings. The fourth-order valence-corrected chi connectivity index (χ4v) is 2.47. The summed E-state index contributed by atoms with van der Waals surface area (Å²) >= 11 is 0. The van der Waals surface area contributed by atoms with Crippen molar-refractivity contribution in [1.82, 2.24) is 10.7 Å². The third kappa shape index (κ3) is 7.28. The highest BCUT2D eigenvalue weighted by Gasteiger charge is 2.22. The Morgan fingerprint density at radius 3 is 2.26 bits per heavy atom. The zero-order valence-corrected chi connectivity index (χ0v) is 15.6. The molecule has 2 rings (SSSR count). The Morgan fingerprint density at radius 1 is 1.00 bits per heavy atom. The Kier molecular flexibility index (Phi) is 7.97. The lowest BCUT2D eigenvalue weighted by molar-refractivity contribution is -0.123. The van der Waals surface area contributed by atoms with Crippen LogP contribution in [0, 0.1) is 5.92 Å². The Labute approximate surface area is 160 Å². The van der Waals surface area contributed by atoms with Gasteiger partial charge < -0.3 is 5.32 Å². The van der Waals surface area contributed by atoms with Crippen LogP contribution in [0.4, 0.5) is 0 Å². The zero-order valence-electron chi connectivity index (χ0n) is 15.6. The van der Waals surface area contributed by atoms with Gasteiger partial charge in [-0.15, -0.1) is 0 Å². The molecule has 0 aromatic heterocycles. The smallest absolute Gasteiger partial charge is 0.262 e. The summed E-state index contributed by atoms with van der Waals surface area (Å²) in [6.45, 7) is 4.00. The summed E-state index contributed by atoms with van der Waals surface area (Å²) in [6, 6.07) is 18.0. The largest absolute Gasteiger partial charge is 0.340 e. The van der Waals surface area contributed by atoms with Gasteiger partial charge in [-0.3, -0.25) is 9.59 Å². The van der Waals surface area contributed by atoms with E-state index in [2.05, 4.69) is 15.8 Å². The first-order valence-electron chi connectivity index (χ1n) is 8.97. The van der Waals surface area contributed by atoms with Gasteiger partial charge in [-0.05, 0) is 36.1 Å². The van der Waals surface area contributed by atoms with Gasteiger partial charge in [0.2, 0.25) is 0 Å². The van der Waals surface area contributed by atoms with Crippen molar-refractivity contribution in [3.8, 4) is 0 Å². The number of hydrogen-bond donors (Lipinski definition) is 2. The van der Waals surface area contributed by atoms with Crippen molar-refractivity contribution in [3.63, 3.8) is 0 Å². The van der Waals surface area contributed by atoms with E-state index in [-0.39, 0.29) is 17.7 Å². The molecule has 2 N–H and O–H groups in total. The van der Waals surface area contributed by atoms with Crippen LogP contribution in [-0.2, 0) is 4.79 Å². The third-order valence-corrected chi connectivity index (χ3v) is 3.79. The van der Waals surface area contributed by atoms with Gasteiger partial charge in [0, 0.05) is 11.8 Å². The van der Waals surface area contributed by atoms with Gasteiger partial charge in [-0.1, -0.05) is 68.5 Å². The van der Waals surface area contributed by atoms with Crippen LogP contribution in [0.15, 0.2) is 71.8 Å². The van der Waals surface area contributed by atoms with Crippen molar-refractivity contribution < 1.29 is 9.59 Å². The fourth-order valence-electron chi connectivity index (χ4n) is 2.47. The average Bonchev–Trinajstić information content (AvgIpc) is 2.68. The maximum absolute atomic E-state index is 12.4. The second-order valence-corrected chi connectivity index (χ2v) is 6.55. The molecule has 0 unspecified atom stereocenters. The summed E-state index contributed by atoms with van der Waals surface area (Å²) in [5, 5.41) is 6.72. The second-order valence-electron chi connectivity index (χ2n) is 6.55. The summed E-state index contributed by atoms with van der Waals surface area (Å²) in [7, 11) is 0. The molecule has 27 heavy (non-hydrogen) atoms. The number of nitrogens with zero attached hydrogens (tertiary/aromatic N) is 1. The van der Waals surface area contributed by atoms with Gasteiger partial charge >= 0.3 is 0 Å². The lowest BCUT2D eigenvalue weighted by atomic mass is 10.0. The number of allylic oxidation sites excluding steroid dienone is 1. The first-order chi connectivity index (χ1) is 13.1. The van der Waals surface area contributed by atoms with Crippen LogP contribution in [0.1, 0.15) is 36.2 Å². The predicted molar refractivity (Wildman–Crippen MR) is 109 cm³/mol. The second kappa shape index (κ2) is 10.7. The Morgan fingerprint density at radius 2 is 1.63 bits per heavy atom. The number of hydrogen-bond acceptors (Lipinski definition) is 3. The van der Waals surface area contributed by atoms with E-state index in [0.29, 0.717) is 12.0 Å². The maximum atomic E-state index is 12.4. The van der Waals surface area contributed by atoms with Crippen LogP contribution in [0.3, 0.4) is 0 Å². The highest BCUT2D eigenvalue weighted by molar-refractivity contribution is 5.97. The van der Waals surface area contributed by atoms with Crippen LogP contribution < -0.4 is 10.7 Å². The number of carbonyl (C=O) groups excluding carboxylic acids is 2. The maximum Gasteiger partial charge on any atom is 0.262 e. The minimum absolute atomic E-state index is 0.249. The molecule has 2 aromatic carbocycles. The molecule has 0 aliphatic rings. The molecule has 140 valence electrons. The van der Waals surface area contributed by atoms with Gasteiger partial charge in [0.05, 0.1) is 0 Å². The highest BCUT2D eigenvalue weighted by Crippen LogP contribution is 2.07. The van der Waals surface area contributed by atoms with Gasteiger partial charge in [-0.2, -0.15) is 5.10 Å². The van der Waals surface area contributed by atoms with Crippen LogP contribution in [-0.4, -0.2) is 24.1 Å². The van der Waals surface area contributed by atoms with Gasteiger partial charge in [0.25, 0.3) is 11.8 Å². The molecule has 1 atom stereocenters. The summed E-state index contributed by atoms with van der Waals surface area (Å²) in [5.74, 6) is -0.361. The van der Waals surface area contributed by atoms with E-state index in [4.69, 9.17) is 0 Å². The summed E-state index contributed by atoms with van der Waals surface area (Å²) in [5.41, 5.74) is 4.06. The lowest BCUT2D eigenvalue weighted by Gasteiger charge is -2.18. The van der Waals surface area contributed by atoms with Crippen molar-refractivity contribution in [2.75, 3.05) is 0 Å². The fraction of sp³-hybridized carbons (Fsp3) is 0.227. The number of rotatable bonds is 8. The minimum Gasteiger partial charge on any atom is -0.340 e. The van der Waals surface area contributed by atoms with Crippen LogP contribution in [0.25, 0.3) is 6.08 Å². The Balaban J connectivity index is 1.92. The molecular weight excluding hydrogens is 338 g/mol. The van der Waals surface area contributed by atoms with E-state index in [1.165, 1.54) is 6.21 Å². The molecule has 0 saturated heterocycles. The molecule has 5 heteroatoms. The normalized spacial score (nSPS) is 12.4. The lowest BCUT2D eigenvalue weighted by Crippen LogP contribution is -2.46. The third-order valence-electron chi connectivity index (χ3n) is 3.79. The molecule has 2 aromatic rings. The van der Waals surface area contributed by atoms with Crippen LogP contribution in [0.5, 0.6) is 0 Å². The van der Waals surface area contributed by atoms with Crippen molar-refractivity contribution in [1.29, 1.82) is 0 Å². The molecule has 0 aliphatic heterocycles. The SMILES string of the molecule is CC(C)C[C@H](NC(=O)c1ccccc1)C(=O)N/N=C\C=Cc1ccccc1. The molecule has 2 amide bonds. The number of hydrazone groups is 1. The first kappa shape index (κ1) is 20.1.